The lowest BCUT2D eigenvalue weighted by atomic mass is 10.1. The van der Waals surface area contributed by atoms with E-state index in [4.69, 9.17) is 4.74 Å². The quantitative estimate of drug-likeness (QED) is 0.418. The average molecular weight is 431 g/mol. The third kappa shape index (κ3) is 4.42. The lowest BCUT2D eigenvalue weighted by molar-refractivity contribution is -0.122. The molecule has 3 N–H and O–H groups in total. The van der Waals surface area contributed by atoms with Gasteiger partial charge in [0.05, 0.1) is 18.3 Å². The van der Waals surface area contributed by atoms with Gasteiger partial charge < -0.3 is 20.4 Å². The monoisotopic (exact) mass is 430 g/mol. The number of nitrogens with one attached hydrogen (secondary N) is 3. The van der Waals surface area contributed by atoms with Gasteiger partial charge in [-0.2, -0.15) is 0 Å². The number of carbonyl (C=O) groups excluding carboxylic acids is 2. The highest BCUT2D eigenvalue weighted by Crippen LogP contribution is 2.27. The van der Waals surface area contributed by atoms with Crippen molar-refractivity contribution in [2.75, 3.05) is 13.7 Å². The van der Waals surface area contributed by atoms with Crippen molar-refractivity contribution in [2.45, 2.75) is 26.3 Å². The van der Waals surface area contributed by atoms with Gasteiger partial charge >= 0.3 is 0 Å². The molecule has 2 heterocycles. The second-order valence-electron chi connectivity index (χ2n) is 7.77. The molecule has 7 heteroatoms. The van der Waals surface area contributed by atoms with Crippen molar-refractivity contribution in [2.24, 2.45) is 0 Å². The number of hydrogen-bond donors (Lipinski definition) is 3. The predicted octanol–water partition coefficient (Wildman–Crippen LogP) is 3.51. The van der Waals surface area contributed by atoms with Crippen LogP contribution in [0.15, 0.2) is 54.6 Å². The summed E-state index contributed by atoms with van der Waals surface area (Å²) in [5.41, 5.74) is 4.02. The van der Waals surface area contributed by atoms with Crippen LogP contribution in [0.1, 0.15) is 28.7 Å². The maximum atomic E-state index is 12.8. The minimum absolute atomic E-state index is 0.239. The minimum Gasteiger partial charge on any atom is -0.497 e. The smallest absolute Gasteiger partial charge is 0.270 e. The lowest BCUT2D eigenvalue weighted by Gasteiger charge is -2.14. The average Bonchev–Trinajstić information content (AvgIpc) is 3.19. The molecule has 32 heavy (non-hydrogen) atoms. The SMILES string of the molecule is COc1ccc(CCNC(=O)[C@H](C)NC(=O)c2cc3c([nH]c4ccccc43)c(C)n2)cc1. The molecular formula is C25H26N4O3. The van der Waals surface area contributed by atoms with Crippen LogP contribution < -0.4 is 15.4 Å². The predicted molar refractivity (Wildman–Crippen MR) is 125 cm³/mol. The maximum Gasteiger partial charge on any atom is 0.270 e. The largest absolute Gasteiger partial charge is 0.497 e. The molecule has 0 saturated heterocycles. The Hall–Kier alpha value is -3.87. The van der Waals surface area contributed by atoms with Crippen molar-refractivity contribution in [1.29, 1.82) is 0 Å². The summed E-state index contributed by atoms with van der Waals surface area (Å²) < 4.78 is 5.15. The Morgan fingerprint density at radius 1 is 1.09 bits per heavy atom. The minimum atomic E-state index is -0.681. The van der Waals surface area contributed by atoms with E-state index >= 15 is 0 Å². The highest BCUT2D eigenvalue weighted by atomic mass is 16.5. The Morgan fingerprint density at radius 3 is 2.59 bits per heavy atom. The van der Waals surface area contributed by atoms with E-state index in [0.29, 0.717) is 13.0 Å². The van der Waals surface area contributed by atoms with Crippen LogP contribution in [0.3, 0.4) is 0 Å². The molecule has 164 valence electrons. The van der Waals surface area contributed by atoms with Gasteiger partial charge in [-0.1, -0.05) is 30.3 Å². The number of pyridine rings is 1. The standard InChI is InChI=1S/C25H26N4O3/c1-15-23-20(19-6-4-5-7-21(19)29-23)14-22(27-15)25(31)28-16(2)24(30)26-13-12-17-8-10-18(32-3)11-9-17/h4-11,14,16,29H,12-13H2,1-3H3,(H,26,30)(H,28,31)/t16-/m0/s1. The van der Waals surface area contributed by atoms with Crippen LogP contribution in [-0.4, -0.2) is 41.5 Å². The number of aromatic amines is 1. The third-order valence-electron chi connectivity index (χ3n) is 5.52. The van der Waals surface area contributed by atoms with Gasteiger partial charge in [-0.05, 0) is 50.1 Å². The van der Waals surface area contributed by atoms with Crippen LogP contribution in [0.5, 0.6) is 5.75 Å². The van der Waals surface area contributed by atoms with Crippen molar-refractivity contribution in [3.05, 3.63) is 71.5 Å². The fourth-order valence-electron chi connectivity index (χ4n) is 3.73. The molecule has 2 aromatic carbocycles. The third-order valence-corrected chi connectivity index (χ3v) is 5.52. The van der Waals surface area contributed by atoms with Crippen molar-refractivity contribution in [3.63, 3.8) is 0 Å². The number of rotatable bonds is 7. The molecule has 0 saturated carbocycles. The number of H-pyrrole nitrogens is 1. The Morgan fingerprint density at radius 2 is 1.84 bits per heavy atom. The van der Waals surface area contributed by atoms with Crippen LogP contribution >= 0.6 is 0 Å². The van der Waals surface area contributed by atoms with Gasteiger partial charge in [-0.15, -0.1) is 0 Å². The molecule has 2 aromatic heterocycles. The summed E-state index contributed by atoms with van der Waals surface area (Å²) >= 11 is 0. The number of amides is 2. The second kappa shape index (κ2) is 9.09. The first-order chi connectivity index (χ1) is 15.5. The highest BCUT2D eigenvalue weighted by Gasteiger charge is 2.19. The molecule has 0 spiro atoms. The molecule has 0 radical (unpaired) electrons. The second-order valence-corrected chi connectivity index (χ2v) is 7.77. The lowest BCUT2D eigenvalue weighted by Crippen LogP contribution is -2.45. The van der Waals surface area contributed by atoms with Gasteiger partial charge in [0.15, 0.2) is 0 Å². The Labute approximate surface area is 186 Å². The number of nitrogens with zero attached hydrogens (tertiary/aromatic N) is 1. The molecule has 1 atom stereocenters. The number of ether oxygens (including phenoxy) is 1. The molecule has 0 aliphatic heterocycles. The first kappa shape index (κ1) is 21.4. The number of carbonyl (C=O) groups is 2. The normalized spacial score (nSPS) is 12.0. The van der Waals surface area contributed by atoms with E-state index in [9.17, 15) is 9.59 Å². The van der Waals surface area contributed by atoms with Gasteiger partial charge in [0.2, 0.25) is 5.91 Å². The molecule has 0 aliphatic rings. The number of benzene rings is 2. The van der Waals surface area contributed by atoms with Crippen LogP contribution in [-0.2, 0) is 11.2 Å². The number of methoxy groups -OCH3 is 1. The maximum absolute atomic E-state index is 12.8. The van der Waals surface area contributed by atoms with E-state index in [1.807, 2.05) is 55.5 Å². The summed E-state index contributed by atoms with van der Waals surface area (Å²) in [6.07, 6.45) is 0.689. The van der Waals surface area contributed by atoms with Gasteiger partial charge in [0, 0.05) is 22.8 Å². The Balaban J connectivity index is 1.38. The molecule has 4 rings (SSSR count). The number of para-hydroxylation sites is 1. The molecule has 7 nitrogen and oxygen atoms in total. The summed E-state index contributed by atoms with van der Waals surface area (Å²) in [6, 6.07) is 16.7. The number of aryl methyl sites for hydroxylation is 1. The van der Waals surface area contributed by atoms with Crippen LogP contribution in [0.2, 0.25) is 0 Å². The van der Waals surface area contributed by atoms with E-state index in [2.05, 4.69) is 20.6 Å². The number of fused-ring (bicyclic) bond motifs is 3. The van der Waals surface area contributed by atoms with Crippen molar-refractivity contribution in [1.82, 2.24) is 20.6 Å². The van der Waals surface area contributed by atoms with Gasteiger partial charge in [0.1, 0.15) is 17.5 Å². The van der Waals surface area contributed by atoms with Crippen LogP contribution in [0.25, 0.3) is 21.8 Å². The van der Waals surface area contributed by atoms with E-state index in [1.54, 1.807) is 20.1 Å². The molecular weight excluding hydrogens is 404 g/mol. The first-order valence-corrected chi connectivity index (χ1v) is 10.6. The molecule has 0 fully saturated rings. The zero-order valence-corrected chi connectivity index (χ0v) is 18.4. The fraction of sp³-hybridized carbons (Fsp3) is 0.240. The fourth-order valence-corrected chi connectivity index (χ4v) is 3.73. The molecule has 0 bridgehead atoms. The number of aromatic nitrogens is 2. The van der Waals surface area contributed by atoms with Gasteiger partial charge in [-0.25, -0.2) is 4.98 Å². The number of hydrogen-bond acceptors (Lipinski definition) is 4. The molecule has 4 aromatic rings. The summed E-state index contributed by atoms with van der Waals surface area (Å²) in [6.45, 7) is 4.01. The summed E-state index contributed by atoms with van der Waals surface area (Å²) in [7, 11) is 1.63. The Kier molecular flexibility index (Phi) is 6.07. The van der Waals surface area contributed by atoms with Crippen molar-refractivity contribution < 1.29 is 14.3 Å². The molecule has 0 aliphatic carbocycles. The van der Waals surface area contributed by atoms with E-state index in [0.717, 1.165) is 38.8 Å². The zero-order chi connectivity index (χ0) is 22.7. The van der Waals surface area contributed by atoms with E-state index in [1.165, 1.54) is 0 Å². The summed E-state index contributed by atoms with van der Waals surface area (Å²) in [5.74, 6) is 0.179. The Bertz CT molecular complexity index is 1280. The highest BCUT2D eigenvalue weighted by molar-refractivity contribution is 6.10. The van der Waals surface area contributed by atoms with Crippen molar-refractivity contribution >= 4 is 33.6 Å². The van der Waals surface area contributed by atoms with Gasteiger partial charge in [-0.3, -0.25) is 9.59 Å². The van der Waals surface area contributed by atoms with E-state index < -0.39 is 6.04 Å². The summed E-state index contributed by atoms with van der Waals surface area (Å²) in [5, 5.41) is 7.59. The molecule has 2 amide bonds. The van der Waals surface area contributed by atoms with E-state index in [-0.39, 0.29) is 17.5 Å². The molecule has 0 unspecified atom stereocenters. The zero-order valence-electron chi connectivity index (χ0n) is 18.4. The topological polar surface area (TPSA) is 96.1 Å². The van der Waals surface area contributed by atoms with Crippen molar-refractivity contribution in [3.8, 4) is 5.75 Å². The van der Waals surface area contributed by atoms with Crippen LogP contribution in [0, 0.1) is 6.92 Å². The van der Waals surface area contributed by atoms with Crippen LogP contribution in [0.4, 0.5) is 0 Å². The summed E-state index contributed by atoms with van der Waals surface area (Å²) in [4.78, 5) is 33.0. The van der Waals surface area contributed by atoms with Gasteiger partial charge in [0.25, 0.3) is 5.91 Å². The first-order valence-electron chi connectivity index (χ1n) is 10.6.